The first kappa shape index (κ1) is 14.0. The summed E-state index contributed by atoms with van der Waals surface area (Å²) in [4.78, 5) is 0. The Bertz CT molecular complexity index is 633. The highest BCUT2D eigenvalue weighted by molar-refractivity contribution is 9.10. The molecule has 1 N–H and O–H groups in total. The number of nitrogens with zero attached hydrogens (tertiary/aromatic N) is 3. The molecule has 1 rings (SSSR count). The van der Waals surface area contributed by atoms with E-state index in [-0.39, 0.29) is 16.4 Å². The topological polar surface area (TPSA) is 83.4 Å². The molecular weight excluding hydrogens is 323 g/mol. The normalized spacial score (nSPS) is 8.67. The van der Waals surface area contributed by atoms with Crippen LogP contribution in [-0.4, -0.2) is 0 Å². The Morgan fingerprint density at radius 3 is 2.33 bits per heavy atom. The highest BCUT2D eigenvalue weighted by Gasteiger charge is 2.13. The maximum absolute atomic E-state index is 13.7. The molecular formula is C11H3BrClFN4. The van der Waals surface area contributed by atoms with E-state index < -0.39 is 11.4 Å². The molecule has 1 aromatic carbocycles. The third kappa shape index (κ3) is 2.78. The molecule has 0 spiro atoms. The summed E-state index contributed by atoms with van der Waals surface area (Å²) in [6.45, 7) is 0. The van der Waals surface area contributed by atoms with E-state index in [4.69, 9.17) is 27.4 Å². The number of allylic oxidation sites excluding steroid dienone is 2. The second kappa shape index (κ2) is 6.02. The van der Waals surface area contributed by atoms with Gasteiger partial charge in [-0.15, -0.1) is 0 Å². The second-order valence-corrected chi connectivity index (χ2v) is 4.17. The summed E-state index contributed by atoms with van der Waals surface area (Å²) in [6.07, 6.45) is 0. The number of hydrogen-bond donors (Lipinski definition) is 1. The van der Waals surface area contributed by atoms with Gasteiger partial charge in [0.2, 0.25) is 0 Å². The fourth-order valence-electron chi connectivity index (χ4n) is 1.04. The van der Waals surface area contributed by atoms with E-state index in [2.05, 4.69) is 21.2 Å². The van der Waals surface area contributed by atoms with Crippen LogP contribution in [-0.2, 0) is 0 Å². The van der Waals surface area contributed by atoms with Gasteiger partial charge < -0.3 is 5.32 Å². The van der Waals surface area contributed by atoms with Gasteiger partial charge in [0.05, 0.1) is 10.7 Å². The van der Waals surface area contributed by atoms with Crippen LogP contribution in [0.3, 0.4) is 0 Å². The largest absolute Gasteiger partial charge is 0.343 e. The summed E-state index contributed by atoms with van der Waals surface area (Å²) < 4.78 is 14.1. The van der Waals surface area contributed by atoms with Crippen molar-refractivity contribution in [1.82, 2.24) is 0 Å². The van der Waals surface area contributed by atoms with E-state index in [0.717, 1.165) is 0 Å². The van der Waals surface area contributed by atoms with Crippen molar-refractivity contribution < 1.29 is 4.39 Å². The monoisotopic (exact) mass is 324 g/mol. The SMILES string of the molecule is N#CC(C#N)=C(C#N)Nc1ccc(Br)c(Cl)c1F. The molecule has 0 amide bonds. The van der Waals surface area contributed by atoms with E-state index in [0.29, 0.717) is 4.47 Å². The van der Waals surface area contributed by atoms with Gasteiger partial charge in [-0.25, -0.2) is 4.39 Å². The van der Waals surface area contributed by atoms with Crippen molar-refractivity contribution in [2.75, 3.05) is 5.32 Å². The Kier molecular flexibility index (Phi) is 4.68. The first-order valence-corrected chi connectivity index (χ1v) is 5.57. The molecule has 0 atom stereocenters. The van der Waals surface area contributed by atoms with Crippen LogP contribution in [0.4, 0.5) is 10.1 Å². The van der Waals surface area contributed by atoms with Crippen molar-refractivity contribution in [1.29, 1.82) is 15.8 Å². The van der Waals surface area contributed by atoms with Gasteiger partial charge in [0, 0.05) is 4.47 Å². The van der Waals surface area contributed by atoms with Crippen molar-refractivity contribution in [3.05, 3.63) is 38.7 Å². The highest BCUT2D eigenvalue weighted by atomic mass is 79.9. The molecule has 0 unspecified atom stereocenters. The number of nitriles is 3. The number of hydrogen-bond acceptors (Lipinski definition) is 4. The minimum absolute atomic E-state index is 0.0947. The molecule has 0 bridgehead atoms. The maximum atomic E-state index is 13.7. The van der Waals surface area contributed by atoms with Crippen molar-refractivity contribution in [2.45, 2.75) is 0 Å². The van der Waals surface area contributed by atoms with Gasteiger partial charge in [-0.3, -0.25) is 0 Å². The molecule has 0 aliphatic heterocycles. The smallest absolute Gasteiger partial charge is 0.166 e. The molecule has 1 aromatic rings. The van der Waals surface area contributed by atoms with Gasteiger partial charge in [0.25, 0.3) is 0 Å². The van der Waals surface area contributed by atoms with E-state index in [9.17, 15) is 4.39 Å². The standard InChI is InChI=1S/C11H3BrClFN4/c12-7-1-2-8(11(14)10(7)13)18-9(5-17)6(3-15)4-16/h1-2,18H. The summed E-state index contributed by atoms with van der Waals surface area (Å²) >= 11 is 8.70. The van der Waals surface area contributed by atoms with E-state index in [1.165, 1.54) is 24.3 Å². The quantitative estimate of drug-likeness (QED) is 0.666. The minimum Gasteiger partial charge on any atom is -0.343 e. The molecule has 0 saturated heterocycles. The zero-order valence-corrected chi connectivity index (χ0v) is 11.0. The molecule has 0 aliphatic carbocycles. The molecule has 7 heteroatoms. The summed E-state index contributed by atoms with van der Waals surface area (Å²) in [7, 11) is 0. The van der Waals surface area contributed by atoms with E-state index >= 15 is 0 Å². The van der Waals surface area contributed by atoms with Crippen LogP contribution >= 0.6 is 27.5 Å². The van der Waals surface area contributed by atoms with Crippen molar-refractivity contribution in [2.24, 2.45) is 0 Å². The van der Waals surface area contributed by atoms with Crippen LogP contribution in [0.15, 0.2) is 27.9 Å². The molecule has 0 fully saturated rings. The number of anilines is 1. The van der Waals surface area contributed by atoms with Crippen LogP contribution in [0.1, 0.15) is 0 Å². The minimum atomic E-state index is -0.783. The van der Waals surface area contributed by atoms with Gasteiger partial charge in [0.1, 0.15) is 23.9 Å². The Hall–Kier alpha value is -2.07. The predicted octanol–water partition coefficient (Wildman–Crippen LogP) is 3.48. The fourth-order valence-corrected chi connectivity index (χ4v) is 1.51. The van der Waals surface area contributed by atoms with Crippen molar-refractivity contribution in [3.63, 3.8) is 0 Å². The van der Waals surface area contributed by atoms with Crippen LogP contribution in [0.2, 0.25) is 5.02 Å². The maximum Gasteiger partial charge on any atom is 0.166 e. The third-order valence-corrected chi connectivity index (χ3v) is 3.14. The van der Waals surface area contributed by atoms with Gasteiger partial charge in [-0.05, 0) is 28.1 Å². The Balaban J connectivity index is 3.26. The second-order valence-electron chi connectivity index (χ2n) is 2.93. The van der Waals surface area contributed by atoms with Gasteiger partial charge in [-0.2, -0.15) is 15.8 Å². The fraction of sp³-hybridized carbons (Fsp3) is 0. The predicted molar refractivity (Wildman–Crippen MR) is 66.6 cm³/mol. The van der Waals surface area contributed by atoms with E-state index in [1.54, 1.807) is 6.07 Å². The molecule has 18 heavy (non-hydrogen) atoms. The Labute approximate surface area is 116 Å². The lowest BCUT2D eigenvalue weighted by Crippen LogP contribution is -2.03. The Morgan fingerprint density at radius 1 is 1.22 bits per heavy atom. The highest BCUT2D eigenvalue weighted by Crippen LogP contribution is 2.30. The summed E-state index contributed by atoms with van der Waals surface area (Å²) in [5.41, 5.74) is -0.865. The molecule has 0 aromatic heterocycles. The summed E-state index contributed by atoms with van der Waals surface area (Å²) in [5, 5.41) is 28.2. The van der Waals surface area contributed by atoms with Crippen molar-refractivity contribution >= 4 is 33.2 Å². The van der Waals surface area contributed by atoms with Crippen molar-refractivity contribution in [3.8, 4) is 18.2 Å². The van der Waals surface area contributed by atoms with Crippen LogP contribution < -0.4 is 5.32 Å². The first-order chi connectivity index (χ1) is 8.54. The number of nitrogens with one attached hydrogen (secondary N) is 1. The van der Waals surface area contributed by atoms with E-state index in [1.807, 2.05) is 0 Å². The molecule has 0 radical (unpaired) electrons. The van der Waals surface area contributed by atoms with Gasteiger partial charge in [-0.1, -0.05) is 11.6 Å². The van der Waals surface area contributed by atoms with Crippen LogP contribution in [0.5, 0.6) is 0 Å². The van der Waals surface area contributed by atoms with Gasteiger partial charge >= 0.3 is 0 Å². The molecule has 88 valence electrons. The molecule has 0 saturated carbocycles. The number of benzene rings is 1. The lowest BCUT2D eigenvalue weighted by molar-refractivity contribution is 0.631. The Morgan fingerprint density at radius 2 is 1.83 bits per heavy atom. The zero-order valence-electron chi connectivity index (χ0n) is 8.63. The first-order valence-electron chi connectivity index (χ1n) is 4.40. The average molecular weight is 326 g/mol. The molecule has 0 aliphatic rings. The van der Waals surface area contributed by atoms with Crippen LogP contribution in [0.25, 0.3) is 0 Å². The molecule has 4 nitrogen and oxygen atoms in total. The lowest BCUT2D eigenvalue weighted by atomic mass is 10.2. The van der Waals surface area contributed by atoms with Gasteiger partial charge in [0.15, 0.2) is 11.4 Å². The molecule has 0 heterocycles. The average Bonchev–Trinajstić information content (AvgIpc) is 2.38. The summed E-state index contributed by atoms with van der Waals surface area (Å²) in [6, 6.07) is 7.49. The zero-order chi connectivity index (χ0) is 13.7. The van der Waals surface area contributed by atoms with Crippen LogP contribution in [0, 0.1) is 39.8 Å². The number of rotatable bonds is 2. The third-order valence-electron chi connectivity index (χ3n) is 1.88. The summed E-state index contributed by atoms with van der Waals surface area (Å²) in [5.74, 6) is -0.783. The number of halogens is 3. The lowest BCUT2D eigenvalue weighted by Gasteiger charge is -2.07.